The average Bonchev–Trinajstić information content (AvgIpc) is 2.37. The molecule has 0 aliphatic carbocycles. The molecule has 7 heteroatoms. The van der Waals surface area contributed by atoms with Crippen LogP contribution in [-0.2, 0) is 9.84 Å². The maximum Gasteiger partial charge on any atom is 0.207 e. The molecular formula is C11H14BrIO4S. The fraction of sp³-hybridized carbons (Fsp3) is 0.455. The number of alkyl halides is 2. The van der Waals surface area contributed by atoms with Gasteiger partial charge in [0.2, 0.25) is 1.66 Å². The summed E-state index contributed by atoms with van der Waals surface area (Å²) in [7, 11) is -1.90. The summed E-state index contributed by atoms with van der Waals surface area (Å²) in [6, 6.07) is 6.64. The van der Waals surface area contributed by atoms with E-state index in [-0.39, 0.29) is 5.75 Å². The molecule has 0 aliphatic rings. The van der Waals surface area contributed by atoms with Gasteiger partial charge in [-0.25, -0.2) is 8.42 Å². The predicted molar refractivity (Wildman–Crippen MR) is 83.1 cm³/mol. The number of benzene rings is 1. The van der Waals surface area contributed by atoms with E-state index in [9.17, 15) is 13.5 Å². The van der Waals surface area contributed by atoms with Gasteiger partial charge in [0.25, 0.3) is 0 Å². The quantitative estimate of drug-likeness (QED) is 0.555. The van der Waals surface area contributed by atoms with Crippen LogP contribution in [0.5, 0.6) is 5.75 Å². The van der Waals surface area contributed by atoms with Crippen LogP contribution in [0.3, 0.4) is 0 Å². The van der Waals surface area contributed by atoms with Crippen LogP contribution in [-0.4, -0.2) is 28.0 Å². The lowest BCUT2D eigenvalue weighted by Crippen LogP contribution is -2.33. The number of hydrogen-bond acceptors (Lipinski definition) is 4. The molecule has 1 N–H and O–H groups in total. The first kappa shape index (κ1) is 16.2. The van der Waals surface area contributed by atoms with Crippen molar-refractivity contribution in [2.45, 2.75) is 14.7 Å². The van der Waals surface area contributed by atoms with E-state index in [2.05, 4.69) is 15.9 Å². The summed E-state index contributed by atoms with van der Waals surface area (Å²) in [6.45, 7) is 1.55. The van der Waals surface area contributed by atoms with Gasteiger partial charge in [0.1, 0.15) is 11.9 Å². The molecule has 4 nitrogen and oxygen atoms in total. The van der Waals surface area contributed by atoms with Gasteiger partial charge >= 0.3 is 0 Å². The van der Waals surface area contributed by atoms with Crippen LogP contribution in [0.2, 0.25) is 0 Å². The minimum absolute atomic E-state index is 0.0472. The van der Waals surface area contributed by atoms with Crippen molar-refractivity contribution in [3.63, 3.8) is 0 Å². The second-order valence-electron chi connectivity index (χ2n) is 3.64. The lowest BCUT2D eigenvalue weighted by atomic mass is 10.1. The third kappa shape index (κ3) is 3.17. The molecule has 0 saturated heterocycles. The highest BCUT2D eigenvalue weighted by molar-refractivity contribution is 14.1. The molecule has 1 aromatic rings. The second kappa shape index (κ2) is 6.06. The molecule has 0 spiro atoms. The lowest BCUT2D eigenvalue weighted by Gasteiger charge is -2.26. The average molecular weight is 449 g/mol. The molecule has 0 unspecified atom stereocenters. The number of sulfone groups is 1. The van der Waals surface area contributed by atoms with Crippen molar-refractivity contribution in [2.75, 3.05) is 12.9 Å². The first-order chi connectivity index (χ1) is 8.26. The van der Waals surface area contributed by atoms with Gasteiger partial charge in [-0.1, -0.05) is 35.0 Å². The third-order valence-electron chi connectivity index (χ3n) is 2.54. The number of halogens is 2. The van der Waals surface area contributed by atoms with E-state index >= 15 is 0 Å². The summed E-state index contributed by atoms with van der Waals surface area (Å²) in [5.74, 6) is 0.604. The van der Waals surface area contributed by atoms with Crippen LogP contribution >= 0.6 is 38.5 Å². The summed E-state index contributed by atoms with van der Waals surface area (Å²) >= 11 is 4.83. The Kier molecular flexibility index (Phi) is 5.45. The standard InChI is InChI=1S/C11H14BrIO4S/c1-3-18(15,16)11(12,13)10(14)8-4-6-9(17-2)7-5-8/h4-7,10,14H,3H2,1-2H3/t10-,11-/m0/s1. The summed E-state index contributed by atoms with van der Waals surface area (Å²) in [4.78, 5) is 0. The van der Waals surface area contributed by atoms with Gasteiger partial charge in [0.05, 0.1) is 7.11 Å². The Balaban J connectivity index is 3.09. The van der Waals surface area contributed by atoms with Gasteiger partial charge in [-0.15, -0.1) is 0 Å². The molecule has 0 amide bonds. The zero-order chi connectivity index (χ0) is 14.0. The zero-order valence-electron chi connectivity index (χ0n) is 9.93. The number of hydrogen-bond donors (Lipinski definition) is 1. The monoisotopic (exact) mass is 448 g/mol. The van der Waals surface area contributed by atoms with Crippen molar-refractivity contribution in [3.05, 3.63) is 29.8 Å². The Morgan fingerprint density at radius 1 is 1.44 bits per heavy atom. The lowest BCUT2D eigenvalue weighted by molar-refractivity contribution is 0.191. The van der Waals surface area contributed by atoms with Gasteiger partial charge in [-0.3, -0.25) is 0 Å². The van der Waals surface area contributed by atoms with Crippen LogP contribution in [0.1, 0.15) is 18.6 Å². The molecule has 0 aliphatic heterocycles. The van der Waals surface area contributed by atoms with Gasteiger partial charge in [0, 0.05) is 5.75 Å². The summed E-state index contributed by atoms with van der Waals surface area (Å²) in [6.07, 6.45) is -1.16. The SMILES string of the molecule is CCS(=O)(=O)[C@@](Br)(I)[C@@H](O)c1ccc(OC)cc1. The Labute approximate surface area is 129 Å². The summed E-state index contributed by atoms with van der Waals surface area (Å²) in [5, 5.41) is 10.2. The van der Waals surface area contributed by atoms with Crippen molar-refractivity contribution in [1.29, 1.82) is 0 Å². The molecule has 0 bridgehead atoms. The van der Waals surface area contributed by atoms with E-state index < -0.39 is 17.6 Å². The number of rotatable bonds is 5. The molecule has 18 heavy (non-hydrogen) atoms. The van der Waals surface area contributed by atoms with Gasteiger partial charge in [0.15, 0.2) is 9.84 Å². The van der Waals surface area contributed by atoms with Gasteiger partial charge < -0.3 is 9.84 Å². The smallest absolute Gasteiger partial charge is 0.207 e. The molecule has 0 fully saturated rings. The minimum Gasteiger partial charge on any atom is -0.497 e. The number of aliphatic hydroxyl groups is 1. The second-order valence-corrected chi connectivity index (χ2v) is 11.8. The van der Waals surface area contributed by atoms with Crippen molar-refractivity contribution in [2.24, 2.45) is 0 Å². The molecule has 1 aromatic carbocycles. The Bertz CT molecular complexity index is 498. The molecule has 0 radical (unpaired) electrons. The van der Waals surface area contributed by atoms with Crippen molar-refractivity contribution < 1.29 is 18.3 Å². The zero-order valence-corrected chi connectivity index (χ0v) is 14.5. The molecule has 0 aromatic heterocycles. The molecule has 1 rings (SSSR count). The summed E-state index contributed by atoms with van der Waals surface area (Å²) < 4.78 is 27.4. The van der Waals surface area contributed by atoms with Crippen LogP contribution in [0.4, 0.5) is 0 Å². The number of methoxy groups -OCH3 is 1. The topological polar surface area (TPSA) is 63.6 Å². The molecule has 2 atom stereocenters. The Morgan fingerprint density at radius 2 is 1.94 bits per heavy atom. The number of ether oxygens (including phenoxy) is 1. The highest BCUT2D eigenvalue weighted by atomic mass is 127. The van der Waals surface area contributed by atoms with E-state index in [4.69, 9.17) is 4.74 Å². The highest BCUT2D eigenvalue weighted by Crippen LogP contribution is 2.45. The maximum absolute atomic E-state index is 11.9. The summed E-state index contributed by atoms with van der Waals surface area (Å²) in [5.41, 5.74) is 0.513. The van der Waals surface area contributed by atoms with Gasteiger partial charge in [-0.05, 0) is 40.3 Å². The normalized spacial score (nSPS) is 16.9. The highest BCUT2D eigenvalue weighted by Gasteiger charge is 2.45. The van der Waals surface area contributed by atoms with Crippen LogP contribution < -0.4 is 4.74 Å². The van der Waals surface area contributed by atoms with Crippen molar-refractivity contribution in [3.8, 4) is 5.75 Å². The molecule has 102 valence electrons. The molecule has 0 heterocycles. The van der Waals surface area contributed by atoms with Crippen molar-refractivity contribution >= 4 is 48.4 Å². The molecule has 0 saturated carbocycles. The largest absolute Gasteiger partial charge is 0.497 e. The minimum atomic E-state index is -3.44. The van der Waals surface area contributed by atoms with Crippen molar-refractivity contribution in [1.82, 2.24) is 0 Å². The van der Waals surface area contributed by atoms with E-state index in [1.807, 2.05) is 0 Å². The van der Waals surface area contributed by atoms with E-state index in [1.165, 1.54) is 0 Å². The molecular weight excluding hydrogens is 435 g/mol. The van der Waals surface area contributed by atoms with E-state index in [0.717, 1.165) is 0 Å². The van der Waals surface area contributed by atoms with Gasteiger partial charge in [-0.2, -0.15) is 0 Å². The fourth-order valence-corrected chi connectivity index (χ4v) is 4.45. The first-order valence-corrected chi connectivity index (χ1v) is 8.70. The first-order valence-electron chi connectivity index (χ1n) is 5.18. The van der Waals surface area contributed by atoms with Crippen LogP contribution in [0.25, 0.3) is 0 Å². The van der Waals surface area contributed by atoms with E-state index in [0.29, 0.717) is 11.3 Å². The fourth-order valence-electron chi connectivity index (χ4n) is 1.34. The Hall–Kier alpha value is 0.140. The van der Waals surface area contributed by atoms with E-state index in [1.54, 1.807) is 60.9 Å². The third-order valence-corrected chi connectivity index (χ3v) is 8.87. The van der Waals surface area contributed by atoms with Crippen LogP contribution in [0.15, 0.2) is 24.3 Å². The number of aliphatic hydroxyl groups excluding tert-OH is 1. The maximum atomic E-state index is 11.9. The van der Waals surface area contributed by atoms with Crippen LogP contribution in [0, 0.1) is 0 Å². The predicted octanol–water partition coefficient (Wildman–Crippen LogP) is 2.65. The Morgan fingerprint density at radius 3 is 2.33 bits per heavy atom.